The summed E-state index contributed by atoms with van der Waals surface area (Å²) in [6, 6.07) is 7.51. The average Bonchev–Trinajstić information content (AvgIpc) is 2.56. The summed E-state index contributed by atoms with van der Waals surface area (Å²) < 4.78 is 27.1. The molecule has 1 aromatic carbocycles. The second kappa shape index (κ2) is 7.82. The largest absolute Gasteiger partial charge is 0.338 e. The highest BCUT2D eigenvalue weighted by Gasteiger charge is 2.34. The molecule has 8 heteroatoms. The zero-order chi connectivity index (χ0) is 18.8. The second-order valence-electron chi connectivity index (χ2n) is 6.74. The summed E-state index contributed by atoms with van der Waals surface area (Å²) in [5.41, 5.74) is 2.06. The predicted molar refractivity (Wildman–Crippen MR) is 98.4 cm³/mol. The van der Waals surface area contributed by atoms with E-state index in [9.17, 15) is 13.2 Å². The van der Waals surface area contributed by atoms with Gasteiger partial charge in [-0.05, 0) is 32.1 Å². The summed E-state index contributed by atoms with van der Waals surface area (Å²) in [6.07, 6.45) is 0. The minimum atomic E-state index is -3.43. The molecule has 1 fully saturated rings. The Labute approximate surface area is 151 Å². The first-order valence-electron chi connectivity index (χ1n) is 8.34. The Bertz CT molecular complexity index is 710. The van der Waals surface area contributed by atoms with E-state index in [1.54, 1.807) is 4.90 Å². The lowest BCUT2D eigenvalue weighted by atomic mass is 9.99. The van der Waals surface area contributed by atoms with Crippen molar-refractivity contribution < 1.29 is 13.2 Å². The van der Waals surface area contributed by atoms with Crippen molar-refractivity contribution >= 4 is 16.1 Å². The van der Waals surface area contributed by atoms with Gasteiger partial charge >= 0.3 is 0 Å². The number of benzene rings is 1. The average molecular weight is 369 g/mol. The van der Waals surface area contributed by atoms with Crippen LogP contribution in [-0.4, -0.2) is 87.1 Å². The molecule has 0 spiro atoms. The van der Waals surface area contributed by atoms with Gasteiger partial charge in [0.15, 0.2) is 0 Å². The van der Waals surface area contributed by atoms with Crippen LogP contribution in [0.3, 0.4) is 0 Å². The minimum Gasteiger partial charge on any atom is -0.338 e. The van der Waals surface area contributed by atoms with Crippen LogP contribution < -0.4 is 0 Å². The van der Waals surface area contributed by atoms with E-state index in [1.807, 2.05) is 50.2 Å². The van der Waals surface area contributed by atoms with Gasteiger partial charge < -0.3 is 4.90 Å². The Kier molecular flexibility index (Phi) is 6.21. The van der Waals surface area contributed by atoms with Crippen molar-refractivity contribution in [3.05, 3.63) is 35.4 Å². The van der Waals surface area contributed by atoms with Crippen LogP contribution in [0.5, 0.6) is 0 Å². The first kappa shape index (κ1) is 19.8. The van der Waals surface area contributed by atoms with Crippen molar-refractivity contribution in [1.29, 1.82) is 0 Å². The molecule has 0 unspecified atom stereocenters. The quantitative estimate of drug-likeness (QED) is 0.761. The number of rotatable bonds is 5. The zero-order valence-electron chi connectivity index (χ0n) is 15.6. The molecule has 25 heavy (non-hydrogen) atoms. The molecule has 1 aromatic rings. The van der Waals surface area contributed by atoms with Gasteiger partial charge in [-0.25, -0.2) is 0 Å². The summed E-state index contributed by atoms with van der Waals surface area (Å²) in [4.78, 5) is 16.8. The van der Waals surface area contributed by atoms with Gasteiger partial charge in [0, 0.05) is 40.3 Å². The number of hydrogen-bond acceptors (Lipinski definition) is 4. The Balaban J connectivity index is 2.14. The lowest BCUT2D eigenvalue weighted by molar-refractivity contribution is -0.137. The molecule has 7 nitrogen and oxygen atoms in total. The van der Waals surface area contributed by atoms with Crippen molar-refractivity contribution in [1.82, 2.24) is 18.4 Å². The number of likely N-dealkylation sites (N-methyl/N-ethyl adjacent to an activating group) is 1. The number of piperazine rings is 1. The number of carbonyl (C=O) groups excluding carboxylic acids is 1. The van der Waals surface area contributed by atoms with Crippen LogP contribution in [0.15, 0.2) is 24.3 Å². The lowest BCUT2D eigenvalue weighted by Crippen LogP contribution is -2.54. The molecule has 1 saturated heterocycles. The van der Waals surface area contributed by atoms with E-state index >= 15 is 0 Å². The molecule has 0 aliphatic carbocycles. The van der Waals surface area contributed by atoms with Crippen molar-refractivity contribution in [2.45, 2.75) is 13.0 Å². The summed E-state index contributed by atoms with van der Waals surface area (Å²) in [5, 5.41) is 0. The maximum atomic E-state index is 13.1. The van der Waals surface area contributed by atoms with Crippen LogP contribution in [0, 0.1) is 6.92 Å². The zero-order valence-corrected chi connectivity index (χ0v) is 16.5. The molecular formula is C17H28N4O3S. The maximum Gasteiger partial charge on any atom is 0.281 e. The van der Waals surface area contributed by atoms with Crippen LogP contribution in [0.2, 0.25) is 0 Å². The fraction of sp³-hybridized carbons (Fsp3) is 0.588. The van der Waals surface area contributed by atoms with Gasteiger partial charge in [-0.1, -0.05) is 24.3 Å². The van der Waals surface area contributed by atoms with Crippen LogP contribution in [0.4, 0.5) is 0 Å². The number of carbonyl (C=O) groups is 1. The van der Waals surface area contributed by atoms with Crippen molar-refractivity contribution in [3.63, 3.8) is 0 Å². The van der Waals surface area contributed by atoms with E-state index in [4.69, 9.17) is 0 Å². The van der Waals surface area contributed by atoms with Gasteiger partial charge in [-0.2, -0.15) is 17.0 Å². The summed E-state index contributed by atoms with van der Waals surface area (Å²) >= 11 is 0. The highest BCUT2D eigenvalue weighted by molar-refractivity contribution is 7.86. The van der Waals surface area contributed by atoms with Gasteiger partial charge in [0.2, 0.25) is 5.91 Å². The number of amides is 1. The first-order chi connectivity index (χ1) is 11.7. The molecule has 1 amide bonds. The summed E-state index contributed by atoms with van der Waals surface area (Å²) in [7, 11) is 3.40. The Morgan fingerprint density at radius 2 is 1.60 bits per heavy atom. The molecule has 0 N–H and O–H groups in total. The fourth-order valence-electron chi connectivity index (χ4n) is 3.07. The number of aryl methyl sites for hydroxylation is 1. The summed E-state index contributed by atoms with van der Waals surface area (Å²) in [5.74, 6) is 0.0150. The topological polar surface area (TPSA) is 64.2 Å². The number of nitrogens with zero attached hydrogens (tertiary/aromatic N) is 4. The second-order valence-corrected chi connectivity index (χ2v) is 8.88. The fourth-order valence-corrected chi connectivity index (χ4v) is 4.16. The molecule has 1 aliphatic rings. The van der Waals surface area contributed by atoms with E-state index in [2.05, 4.69) is 0 Å². The molecule has 0 aromatic heterocycles. The number of hydrogen-bond donors (Lipinski definition) is 0. The van der Waals surface area contributed by atoms with E-state index in [0.29, 0.717) is 26.2 Å². The third kappa shape index (κ3) is 4.20. The Hall–Kier alpha value is -1.48. The monoisotopic (exact) mass is 368 g/mol. The van der Waals surface area contributed by atoms with Gasteiger partial charge in [0.05, 0.1) is 0 Å². The van der Waals surface area contributed by atoms with E-state index in [-0.39, 0.29) is 11.9 Å². The third-order valence-corrected chi connectivity index (χ3v) is 6.51. The molecule has 140 valence electrons. The molecule has 0 bridgehead atoms. The van der Waals surface area contributed by atoms with Crippen LogP contribution in [0.1, 0.15) is 17.2 Å². The van der Waals surface area contributed by atoms with Gasteiger partial charge in [-0.15, -0.1) is 0 Å². The Morgan fingerprint density at radius 1 is 1.04 bits per heavy atom. The first-order valence-corrected chi connectivity index (χ1v) is 9.74. The predicted octanol–water partition coefficient (Wildman–Crippen LogP) is 0.548. The SMILES string of the molecule is Cc1ccccc1[C@@H](C(=O)N1CCN(S(=O)(=O)N(C)C)CC1)N(C)C. The normalized spacial score (nSPS) is 18.0. The van der Waals surface area contributed by atoms with Gasteiger partial charge in [0.25, 0.3) is 10.2 Å². The highest BCUT2D eigenvalue weighted by atomic mass is 32.2. The highest BCUT2D eigenvalue weighted by Crippen LogP contribution is 2.25. The smallest absolute Gasteiger partial charge is 0.281 e. The van der Waals surface area contributed by atoms with Crippen molar-refractivity contribution in [3.8, 4) is 0 Å². The van der Waals surface area contributed by atoms with Crippen LogP contribution in [0.25, 0.3) is 0 Å². The molecule has 1 heterocycles. The van der Waals surface area contributed by atoms with Gasteiger partial charge in [0.1, 0.15) is 6.04 Å². The van der Waals surface area contributed by atoms with Crippen LogP contribution in [-0.2, 0) is 15.0 Å². The molecule has 0 saturated carbocycles. The van der Waals surface area contributed by atoms with E-state index in [1.165, 1.54) is 22.7 Å². The summed E-state index contributed by atoms with van der Waals surface area (Å²) in [6.45, 7) is 3.45. The van der Waals surface area contributed by atoms with Crippen molar-refractivity contribution in [2.75, 3.05) is 54.4 Å². The third-order valence-electron chi connectivity index (χ3n) is 4.57. The maximum absolute atomic E-state index is 13.1. The van der Waals surface area contributed by atoms with E-state index < -0.39 is 10.2 Å². The minimum absolute atomic E-state index is 0.0150. The Morgan fingerprint density at radius 3 is 2.08 bits per heavy atom. The standard InChI is InChI=1S/C17H28N4O3S/c1-14-8-6-7-9-15(14)16(18(2)3)17(22)20-10-12-21(13-11-20)25(23,24)19(4)5/h6-9,16H,10-13H2,1-5H3/t16-/m0/s1. The van der Waals surface area contributed by atoms with E-state index in [0.717, 1.165) is 11.1 Å². The molecule has 0 radical (unpaired) electrons. The molecule has 2 rings (SSSR count). The molecule has 1 aliphatic heterocycles. The van der Waals surface area contributed by atoms with Gasteiger partial charge in [-0.3, -0.25) is 9.69 Å². The lowest BCUT2D eigenvalue weighted by Gasteiger charge is -2.38. The van der Waals surface area contributed by atoms with Crippen molar-refractivity contribution in [2.24, 2.45) is 0 Å². The van der Waals surface area contributed by atoms with Crippen LogP contribution >= 0.6 is 0 Å². The molecular weight excluding hydrogens is 340 g/mol. The molecule has 1 atom stereocenters.